The molecule has 1 aliphatic carbocycles. The van der Waals surface area contributed by atoms with Crippen LogP contribution in [0.15, 0.2) is 0 Å². The summed E-state index contributed by atoms with van der Waals surface area (Å²) in [4.78, 5) is 13.2. The van der Waals surface area contributed by atoms with Crippen LogP contribution >= 0.6 is 0 Å². The van der Waals surface area contributed by atoms with Crippen molar-refractivity contribution in [1.82, 2.24) is 10.2 Å². The van der Waals surface area contributed by atoms with Crippen molar-refractivity contribution in [1.29, 1.82) is 0 Å². The smallest absolute Gasteiger partial charge is 0.234 e. The SMILES string of the molecule is CC[C@H]1C[C@H](NC(=O)CN(C)C)C1. The number of carbonyl (C=O) groups excluding carboxylic acids is 1. The number of likely N-dealkylation sites (N-methyl/N-ethyl adjacent to an activating group) is 1. The second kappa shape index (κ2) is 4.61. The van der Waals surface area contributed by atoms with Gasteiger partial charge in [-0.25, -0.2) is 0 Å². The minimum atomic E-state index is 0.157. The van der Waals surface area contributed by atoms with Gasteiger partial charge in [-0.15, -0.1) is 0 Å². The lowest BCUT2D eigenvalue weighted by molar-refractivity contribution is -0.123. The van der Waals surface area contributed by atoms with E-state index >= 15 is 0 Å². The van der Waals surface area contributed by atoms with Gasteiger partial charge in [-0.1, -0.05) is 13.3 Å². The Kier molecular flexibility index (Phi) is 3.72. The molecule has 76 valence electrons. The first-order valence-corrected chi connectivity index (χ1v) is 5.06. The van der Waals surface area contributed by atoms with Crippen LogP contribution in [0.5, 0.6) is 0 Å². The highest BCUT2D eigenvalue weighted by Gasteiger charge is 2.28. The number of amides is 1. The number of nitrogens with zero attached hydrogens (tertiary/aromatic N) is 1. The summed E-state index contributed by atoms with van der Waals surface area (Å²) < 4.78 is 0. The molecule has 1 N–H and O–H groups in total. The molecule has 0 aromatic rings. The maximum Gasteiger partial charge on any atom is 0.234 e. The number of nitrogens with one attached hydrogen (secondary N) is 1. The van der Waals surface area contributed by atoms with E-state index in [1.807, 2.05) is 19.0 Å². The van der Waals surface area contributed by atoms with Crippen molar-refractivity contribution < 1.29 is 4.79 Å². The monoisotopic (exact) mass is 184 g/mol. The first-order valence-electron chi connectivity index (χ1n) is 5.06. The highest BCUT2D eigenvalue weighted by molar-refractivity contribution is 5.78. The summed E-state index contributed by atoms with van der Waals surface area (Å²) in [7, 11) is 3.82. The van der Waals surface area contributed by atoms with Gasteiger partial charge in [-0.2, -0.15) is 0 Å². The summed E-state index contributed by atoms with van der Waals surface area (Å²) >= 11 is 0. The first-order chi connectivity index (χ1) is 6.11. The third-order valence-electron chi connectivity index (χ3n) is 2.64. The maximum absolute atomic E-state index is 11.3. The molecule has 3 heteroatoms. The van der Waals surface area contributed by atoms with Gasteiger partial charge in [0, 0.05) is 6.04 Å². The fourth-order valence-corrected chi connectivity index (χ4v) is 1.75. The second-order valence-corrected chi connectivity index (χ2v) is 4.25. The van der Waals surface area contributed by atoms with E-state index in [9.17, 15) is 4.79 Å². The predicted octanol–water partition coefficient (Wildman–Crippen LogP) is 0.853. The van der Waals surface area contributed by atoms with Crippen molar-refractivity contribution in [3.8, 4) is 0 Å². The molecule has 0 unspecified atom stereocenters. The van der Waals surface area contributed by atoms with Crippen LogP contribution in [-0.4, -0.2) is 37.5 Å². The van der Waals surface area contributed by atoms with Crippen molar-refractivity contribution >= 4 is 5.91 Å². The third-order valence-corrected chi connectivity index (χ3v) is 2.64. The topological polar surface area (TPSA) is 32.3 Å². The molecular weight excluding hydrogens is 164 g/mol. The molecule has 0 aromatic carbocycles. The van der Waals surface area contributed by atoms with Crippen molar-refractivity contribution in [2.75, 3.05) is 20.6 Å². The predicted molar refractivity (Wildman–Crippen MR) is 53.5 cm³/mol. The molecular formula is C10H20N2O. The van der Waals surface area contributed by atoms with E-state index < -0.39 is 0 Å². The molecule has 0 atom stereocenters. The lowest BCUT2D eigenvalue weighted by Crippen LogP contribution is -2.46. The standard InChI is InChI=1S/C10H20N2O/c1-4-8-5-9(6-8)11-10(13)7-12(2)3/h8-9H,4-7H2,1-3H3,(H,11,13)/t8-,9-. The van der Waals surface area contributed by atoms with E-state index in [-0.39, 0.29) is 5.91 Å². The zero-order chi connectivity index (χ0) is 9.84. The summed E-state index contributed by atoms with van der Waals surface area (Å²) in [5, 5.41) is 3.03. The van der Waals surface area contributed by atoms with Gasteiger partial charge in [0.25, 0.3) is 0 Å². The molecule has 0 radical (unpaired) electrons. The van der Waals surface area contributed by atoms with E-state index in [4.69, 9.17) is 0 Å². The molecule has 0 spiro atoms. The first kappa shape index (κ1) is 10.5. The minimum absolute atomic E-state index is 0.157. The minimum Gasteiger partial charge on any atom is -0.352 e. The fourth-order valence-electron chi connectivity index (χ4n) is 1.75. The van der Waals surface area contributed by atoms with Gasteiger partial charge >= 0.3 is 0 Å². The molecule has 0 heterocycles. The molecule has 1 saturated carbocycles. The molecule has 0 aromatic heterocycles. The average molecular weight is 184 g/mol. The van der Waals surface area contributed by atoms with Crippen LogP contribution in [0.4, 0.5) is 0 Å². The number of hydrogen-bond donors (Lipinski definition) is 1. The van der Waals surface area contributed by atoms with Crippen molar-refractivity contribution in [2.24, 2.45) is 5.92 Å². The van der Waals surface area contributed by atoms with E-state index in [0.29, 0.717) is 12.6 Å². The highest BCUT2D eigenvalue weighted by Crippen LogP contribution is 2.29. The maximum atomic E-state index is 11.3. The molecule has 1 rings (SSSR count). The van der Waals surface area contributed by atoms with Gasteiger partial charge in [0.05, 0.1) is 6.54 Å². The molecule has 0 aliphatic heterocycles. The number of carbonyl (C=O) groups is 1. The summed E-state index contributed by atoms with van der Waals surface area (Å²) in [6, 6.07) is 0.456. The van der Waals surface area contributed by atoms with Gasteiger partial charge in [-0.05, 0) is 32.9 Å². The number of hydrogen-bond acceptors (Lipinski definition) is 2. The molecule has 1 aliphatic rings. The Morgan fingerprint density at radius 1 is 1.46 bits per heavy atom. The van der Waals surface area contributed by atoms with Crippen LogP contribution in [-0.2, 0) is 4.79 Å². The van der Waals surface area contributed by atoms with Gasteiger partial charge in [0.15, 0.2) is 0 Å². The van der Waals surface area contributed by atoms with Crippen molar-refractivity contribution in [3.63, 3.8) is 0 Å². The molecule has 1 fully saturated rings. The van der Waals surface area contributed by atoms with Gasteiger partial charge in [0.2, 0.25) is 5.91 Å². The van der Waals surface area contributed by atoms with Gasteiger partial charge in [-0.3, -0.25) is 4.79 Å². The molecule has 3 nitrogen and oxygen atoms in total. The van der Waals surface area contributed by atoms with E-state index in [0.717, 1.165) is 5.92 Å². The summed E-state index contributed by atoms with van der Waals surface area (Å²) in [5.74, 6) is 1.01. The van der Waals surface area contributed by atoms with Crippen molar-refractivity contribution in [3.05, 3.63) is 0 Å². The van der Waals surface area contributed by atoms with Crippen LogP contribution in [0.25, 0.3) is 0 Å². The van der Waals surface area contributed by atoms with Crippen LogP contribution in [0.3, 0.4) is 0 Å². The lowest BCUT2D eigenvalue weighted by atomic mass is 9.79. The van der Waals surface area contributed by atoms with E-state index in [1.165, 1.54) is 19.3 Å². The van der Waals surface area contributed by atoms with Gasteiger partial charge in [0.1, 0.15) is 0 Å². The normalized spacial score (nSPS) is 27.1. The highest BCUT2D eigenvalue weighted by atomic mass is 16.2. The Morgan fingerprint density at radius 3 is 2.54 bits per heavy atom. The zero-order valence-corrected chi connectivity index (χ0v) is 8.84. The quantitative estimate of drug-likeness (QED) is 0.702. The van der Waals surface area contributed by atoms with Crippen LogP contribution in [0.2, 0.25) is 0 Å². The fraction of sp³-hybridized carbons (Fsp3) is 0.900. The van der Waals surface area contributed by atoms with Gasteiger partial charge < -0.3 is 10.2 Å². The second-order valence-electron chi connectivity index (χ2n) is 4.25. The molecule has 1 amide bonds. The Labute approximate surface area is 80.5 Å². The van der Waals surface area contributed by atoms with Crippen molar-refractivity contribution in [2.45, 2.75) is 32.2 Å². The number of rotatable bonds is 4. The van der Waals surface area contributed by atoms with E-state index in [2.05, 4.69) is 12.2 Å². The van der Waals surface area contributed by atoms with E-state index in [1.54, 1.807) is 0 Å². The van der Waals surface area contributed by atoms with Crippen LogP contribution in [0.1, 0.15) is 26.2 Å². The Balaban J connectivity index is 2.09. The molecule has 0 saturated heterocycles. The van der Waals surface area contributed by atoms with Crippen LogP contribution in [0, 0.1) is 5.92 Å². The lowest BCUT2D eigenvalue weighted by Gasteiger charge is -2.35. The molecule has 13 heavy (non-hydrogen) atoms. The summed E-state index contributed by atoms with van der Waals surface area (Å²) in [6.45, 7) is 2.72. The summed E-state index contributed by atoms with van der Waals surface area (Å²) in [5.41, 5.74) is 0. The third kappa shape index (κ3) is 3.35. The Hall–Kier alpha value is -0.570. The van der Waals surface area contributed by atoms with Crippen LogP contribution < -0.4 is 5.32 Å². The molecule has 0 bridgehead atoms. The zero-order valence-electron chi connectivity index (χ0n) is 8.84. The Bertz CT molecular complexity index is 174. The largest absolute Gasteiger partial charge is 0.352 e. The Morgan fingerprint density at radius 2 is 2.08 bits per heavy atom. The average Bonchev–Trinajstić information content (AvgIpc) is 1.94. The summed E-state index contributed by atoms with van der Waals surface area (Å²) in [6.07, 6.45) is 3.60.